The topological polar surface area (TPSA) is 85.2 Å². The minimum Gasteiger partial charge on any atom is -0.393 e. The van der Waals surface area contributed by atoms with Gasteiger partial charge in [0.15, 0.2) is 0 Å². The quantitative estimate of drug-likeness (QED) is 0.727. The van der Waals surface area contributed by atoms with Crippen LogP contribution >= 0.6 is 12.2 Å². The average Bonchev–Trinajstić information content (AvgIpc) is 2.30. The van der Waals surface area contributed by atoms with Gasteiger partial charge in [-0.15, -0.1) is 0 Å². The average molecular weight is 252 g/mol. The zero-order valence-corrected chi connectivity index (χ0v) is 10.5. The van der Waals surface area contributed by atoms with Gasteiger partial charge in [0.2, 0.25) is 0 Å². The number of thiocarbonyl (C=S) groups is 1. The molecular weight excluding hydrogens is 236 g/mol. The molecule has 0 bridgehead atoms. The SMILES string of the molecule is CCN(CCC(N)=S)c1ccnc(C(N)=O)c1. The highest BCUT2D eigenvalue weighted by Gasteiger charge is 2.08. The Morgan fingerprint density at radius 2 is 2.24 bits per heavy atom. The van der Waals surface area contributed by atoms with E-state index in [-0.39, 0.29) is 5.69 Å². The molecular formula is C11H16N4OS. The van der Waals surface area contributed by atoms with Crippen LogP contribution in [0.25, 0.3) is 0 Å². The van der Waals surface area contributed by atoms with Crippen molar-refractivity contribution in [2.75, 3.05) is 18.0 Å². The Labute approximate surface area is 106 Å². The predicted octanol–water partition coefficient (Wildman–Crippen LogP) is 0.683. The van der Waals surface area contributed by atoms with Crippen LogP contribution in [-0.4, -0.2) is 29.0 Å². The Hall–Kier alpha value is -1.69. The van der Waals surface area contributed by atoms with Gasteiger partial charge in [-0.05, 0) is 19.1 Å². The summed E-state index contributed by atoms with van der Waals surface area (Å²) in [5.74, 6) is -0.530. The lowest BCUT2D eigenvalue weighted by atomic mass is 10.2. The summed E-state index contributed by atoms with van der Waals surface area (Å²) in [4.78, 5) is 17.5. The van der Waals surface area contributed by atoms with Crippen molar-refractivity contribution in [3.05, 3.63) is 24.0 Å². The molecule has 1 amide bonds. The number of aromatic nitrogens is 1. The number of pyridine rings is 1. The van der Waals surface area contributed by atoms with Gasteiger partial charge < -0.3 is 16.4 Å². The molecule has 4 N–H and O–H groups in total. The van der Waals surface area contributed by atoms with Crippen molar-refractivity contribution in [3.8, 4) is 0 Å². The number of hydrogen-bond acceptors (Lipinski definition) is 4. The van der Waals surface area contributed by atoms with E-state index in [1.54, 1.807) is 12.3 Å². The molecule has 0 fully saturated rings. The van der Waals surface area contributed by atoms with E-state index < -0.39 is 5.91 Å². The van der Waals surface area contributed by atoms with Crippen LogP contribution in [0.4, 0.5) is 5.69 Å². The summed E-state index contributed by atoms with van der Waals surface area (Å²) >= 11 is 4.84. The lowest BCUT2D eigenvalue weighted by Crippen LogP contribution is -2.27. The van der Waals surface area contributed by atoms with Gasteiger partial charge in [0.05, 0.1) is 4.99 Å². The molecule has 5 nitrogen and oxygen atoms in total. The Morgan fingerprint density at radius 1 is 1.53 bits per heavy atom. The first-order valence-corrected chi connectivity index (χ1v) is 5.74. The normalized spacial score (nSPS) is 9.94. The van der Waals surface area contributed by atoms with Gasteiger partial charge in [-0.1, -0.05) is 12.2 Å². The third kappa shape index (κ3) is 3.99. The molecule has 0 saturated carbocycles. The molecule has 92 valence electrons. The van der Waals surface area contributed by atoms with Gasteiger partial charge in [0.1, 0.15) is 5.69 Å². The van der Waals surface area contributed by atoms with Gasteiger partial charge in [-0.3, -0.25) is 9.78 Å². The zero-order valence-electron chi connectivity index (χ0n) is 9.72. The summed E-state index contributed by atoms with van der Waals surface area (Å²) in [5.41, 5.74) is 11.8. The van der Waals surface area contributed by atoms with Gasteiger partial charge in [-0.25, -0.2) is 0 Å². The Kier molecular flexibility index (Phi) is 4.84. The van der Waals surface area contributed by atoms with Crippen LogP contribution in [0.3, 0.4) is 0 Å². The van der Waals surface area contributed by atoms with Crippen LogP contribution in [0.2, 0.25) is 0 Å². The third-order valence-corrected chi connectivity index (χ3v) is 2.58. The minimum atomic E-state index is -0.530. The van der Waals surface area contributed by atoms with Crippen LogP contribution in [0, 0.1) is 0 Å². The van der Waals surface area contributed by atoms with Crippen LogP contribution in [0.5, 0.6) is 0 Å². The first-order chi connectivity index (χ1) is 8.04. The molecule has 6 heteroatoms. The van der Waals surface area contributed by atoms with Crippen molar-refractivity contribution in [2.45, 2.75) is 13.3 Å². The molecule has 0 aromatic carbocycles. The fourth-order valence-electron chi connectivity index (χ4n) is 1.47. The maximum absolute atomic E-state index is 11.0. The lowest BCUT2D eigenvalue weighted by molar-refractivity contribution is 0.0995. The number of anilines is 1. The van der Waals surface area contributed by atoms with E-state index >= 15 is 0 Å². The second kappa shape index (κ2) is 6.15. The maximum atomic E-state index is 11.0. The van der Waals surface area contributed by atoms with Crippen LogP contribution in [0.15, 0.2) is 18.3 Å². The van der Waals surface area contributed by atoms with Gasteiger partial charge in [0, 0.05) is 31.4 Å². The molecule has 17 heavy (non-hydrogen) atoms. The number of carbonyl (C=O) groups excluding carboxylic acids is 1. The molecule has 0 aliphatic rings. The molecule has 0 aliphatic heterocycles. The van der Waals surface area contributed by atoms with Crippen molar-refractivity contribution in [2.24, 2.45) is 11.5 Å². The van der Waals surface area contributed by atoms with E-state index in [1.807, 2.05) is 13.0 Å². The van der Waals surface area contributed by atoms with Crippen molar-refractivity contribution >= 4 is 28.8 Å². The van der Waals surface area contributed by atoms with E-state index in [4.69, 9.17) is 23.7 Å². The zero-order chi connectivity index (χ0) is 12.8. The van der Waals surface area contributed by atoms with E-state index in [2.05, 4.69) is 9.88 Å². The van der Waals surface area contributed by atoms with E-state index in [1.165, 1.54) is 0 Å². The third-order valence-electron chi connectivity index (χ3n) is 2.37. The summed E-state index contributed by atoms with van der Waals surface area (Å²) in [6.45, 7) is 3.53. The highest BCUT2D eigenvalue weighted by Crippen LogP contribution is 2.14. The van der Waals surface area contributed by atoms with Crippen LogP contribution in [-0.2, 0) is 0 Å². The van der Waals surface area contributed by atoms with Crippen molar-refractivity contribution < 1.29 is 4.79 Å². The fourth-order valence-corrected chi connectivity index (χ4v) is 1.56. The van der Waals surface area contributed by atoms with E-state index in [0.717, 1.165) is 12.2 Å². The highest BCUT2D eigenvalue weighted by molar-refractivity contribution is 7.80. The van der Waals surface area contributed by atoms with Crippen molar-refractivity contribution in [1.29, 1.82) is 0 Å². The predicted molar refractivity (Wildman–Crippen MR) is 72.0 cm³/mol. The van der Waals surface area contributed by atoms with Crippen molar-refractivity contribution in [1.82, 2.24) is 4.98 Å². The number of carbonyl (C=O) groups is 1. The molecule has 0 spiro atoms. The maximum Gasteiger partial charge on any atom is 0.267 e. The van der Waals surface area contributed by atoms with Crippen LogP contribution < -0.4 is 16.4 Å². The van der Waals surface area contributed by atoms with E-state index in [0.29, 0.717) is 18.0 Å². The number of hydrogen-bond donors (Lipinski definition) is 2. The van der Waals surface area contributed by atoms with Crippen molar-refractivity contribution in [3.63, 3.8) is 0 Å². The second-order valence-electron chi connectivity index (χ2n) is 3.56. The van der Waals surface area contributed by atoms with E-state index in [9.17, 15) is 4.79 Å². The highest BCUT2D eigenvalue weighted by atomic mass is 32.1. The molecule has 0 aliphatic carbocycles. The standard InChI is InChI=1S/C11H16N4OS/c1-2-15(6-4-10(12)17)8-3-5-14-9(7-8)11(13)16/h3,5,7H,2,4,6H2,1H3,(H2,12,17)(H2,13,16). The Balaban J connectivity index is 2.84. The second-order valence-corrected chi connectivity index (χ2v) is 4.08. The first kappa shape index (κ1) is 13.4. The summed E-state index contributed by atoms with van der Waals surface area (Å²) in [7, 11) is 0. The molecule has 1 rings (SSSR count). The number of amides is 1. The fraction of sp³-hybridized carbons (Fsp3) is 0.364. The number of nitrogens with zero attached hydrogens (tertiary/aromatic N) is 2. The van der Waals surface area contributed by atoms with Gasteiger partial charge in [0.25, 0.3) is 5.91 Å². The molecule has 0 unspecified atom stereocenters. The largest absolute Gasteiger partial charge is 0.393 e. The summed E-state index contributed by atoms with van der Waals surface area (Å²) < 4.78 is 0. The molecule has 1 aromatic rings. The van der Waals surface area contributed by atoms with Gasteiger partial charge >= 0.3 is 0 Å². The molecule has 0 saturated heterocycles. The summed E-state index contributed by atoms with van der Waals surface area (Å²) in [5, 5.41) is 0. The summed E-state index contributed by atoms with van der Waals surface area (Å²) in [6.07, 6.45) is 2.20. The number of rotatable bonds is 6. The smallest absolute Gasteiger partial charge is 0.267 e. The van der Waals surface area contributed by atoms with Gasteiger partial charge in [-0.2, -0.15) is 0 Å². The minimum absolute atomic E-state index is 0.260. The number of primary amides is 1. The Bertz CT molecular complexity index is 422. The first-order valence-electron chi connectivity index (χ1n) is 5.33. The monoisotopic (exact) mass is 252 g/mol. The molecule has 0 radical (unpaired) electrons. The summed E-state index contributed by atoms with van der Waals surface area (Å²) in [6, 6.07) is 3.50. The molecule has 1 aromatic heterocycles. The number of nitrogens with two attached hydrogens (primary N) is 2. The lowest BCUT2D eigenvalue weighted by Gasteiger charge is -2.22. The Morgan fingerprint density at radius 3 is 2.76 bits per heavy atom. The molecule has 0 atom stereocenters. The van der Waals surface area contributed by atoms with Crippen LogP contribution in [0.1, 0.15) is 23.8 Å². The molecule has 1 heterocycles.